The summed E-state index contributed by atoms with van der Waals surface area (Å²) in [5.74, 6) is 1.66. The molecule has 0 radical (unpaired) electrons. The molecule has 0 spiro atoms. The van der Waals surface area contributed by atoms with Crippen LogP contribution in [0.5, 0.6) is 5.75 Å². The highest BCUT2D eigenvalue weighted by Crippen LogP contribution is 2.25. The summed E-state index contributed by atoms with van der Waals surface area (Å²) in [7, 11) is 0. The molecule has 0 aromatic heterocycles. The molecule has 1 amide bonds. The Morgan fingerprint density at radius 1 is 1.33 bits per heavy atom. The molecular formula is C15H21NO2. The van der Waals surface area contributed by atoms with Crippen molar-refractivity contribution in [2.24, 2.45) is 0 Å². The van der Waals surface area contributed by atoms with Crippen LogP contribution in [0.3, 0.4) is 0 Å². The van der Waals surface area contributed by atoms with Crippen molar-refractivity contribution in [2.75, 3.05) is 19.7 Å². The minimum atomic E-state index is 0.260. The standard InChI is InChI=1S/C15H21NO2/c1-12(2)13-6-3-4-7-14(13)18-11-10-16-9-5-8-15(16)17/h3-4,6-7,12H,5,8-11H2,1-2H3. The van der Waals surface area contributed by atoms with Crippen molar-refractivity contribution >= 4 is 5.91 Å². The summed E-state index contributed by atoms with van der Waals surface area (Å²) < 4.78 is 5.81. The quantitative estimate of drug-likeness (QED) is 0.800. The highest BCUT2D eigenvalue weighted by Gasteiger charge is 2.19. The molecule has 1 aromatic carbocycles. The number of carbonyl (C=O) groups excluding carboxylic acids is 1. The number of nitrogens with zero attached hydrogens (tertiary/aromatic N) is 1. The van der Waals surface area contributed by atoms with Crippen LogP contribution < -0.4 is 4.74 Å². The summed E-state index contributed by atoms with van der Waals surface area (Å²) in [5, 5.41) is 0. The second-order valence-electron chi connectivity index (χ2n) is 5.03. The third kappa shape index (κ3) is 3.03. The number of rotatable bonds is 5. The fourth-order valence-corrected chi connectivity index (χ4v) is 2.30. The Kier molecular flexibility index (Phi) is 4.24. The van der Waals surface area contributed by atoms with E-state index in [1.54, 1.807) is 0 Å². The summed E-state index contributed by atoms with van der Waals surface area (Å²) in [6.45, 7) is 6.48. The minimum Gasteiger partial charge on any atom is -0.491 e. The molecule has 0 unspecified atom stereocenters. The fraction of sp³-hybridized carbons (Fsp3) is 0.533. The third-order valence-electron chi connectivity index (χ3n) is 3.33. The fourth-order valence-electron chi connectivity index (χ4n) is 2.30. The zero-order chi connectivity index (χ0) is 13.0. The number of amides is 1. The predicted octanol–water partition coefficient (Wildman–Crippen LogP) is 2.81. The van der Waals surface area contributed by atoms with Crippen molar-refractivity contribution < 1.29 is 9.53 Å². The van der Waals surface area contributed by atoms with Crippen molar-refractivity contribution in [3.05, 3.63) is 29.8 Å². The Hall–Kier alpha value is -1.51. The highest BCUT2D eigenvalue weighted by atomic mass is 16.5. The Morgan fingerprint density at radius 2 is 2.11 bits per heavy atom. The van der Waals surface area contributed by atoms with E-state index in [1.807, 2.05) is 23.1 Å². The second kappa shape index (κ2) is 5.89. The first kappa shape index (κ1) is 12.9. The van der Waals surface area contributed by atoms with Gasteiger partial charge in [0.25, 0.3) is 0 Å². The molecule has 3 heteroatoms. The van der Waals surface area contributed by atoms with Gasteiger partial charge in [0.15, 0.2) is 0 Å². The Labute approximate surface area is 109 Å². The van der Waals surface area contributed by atoms with Crippen molar-refractivity contribution in [2.45, 2.75) is 32.6 Å². The molecule has 1 aliphatic rings. The summed E-state index contributed by atoms with van der Waals surface area (Å²) in [6.07, 6.45) is 1.68. The molecule has 3 nitrogen and oxygen atoms in total. The monoisotopic (exact) mass is 247 g/mol. The zero-order valence-electron chi connectivity index (χ0n) is 11.2. The number of carbonyl (C=O) groups is 1. The molecular weight excluding hydrogens is 226 g/mol. The maximum absolute atomic E-state index is 11.5. The maximum atomic E-state index is 11.5. The van der Waals surface area contributed by atoms with Gasteiger partial charge >= 0.3 is 0 Å². The van der Waals surface area contributed by atoms with Crippen LogP contribution in [0.4, 0.5) is 0 Å². The van der Waals surface area contributed by atoms with Gasteiger partial charge in [-0.2, -0.15) is 0 Å². The van der Waals surface area contributed by atoms with Crippen LogP contribution >= 0.6 is 0 Å². The molecule has 18 heavy (non-hydrogen) atoms. The van der Waals surface area contributed by atoms with Crippen molar-refractivity contribution in [3.63, 3.8) is 0 Å². The molecule has 1 aliphatic heterocycles. The summed E-state index contributed by atoms with van der Waals surface area (Å²) in [6, 6.07) is 8.12. The van der Waals surface area contributed by atoms with E-state index < -0.39 is 0 Å². The van der Waals surface area contributed by atoms with Crippen LogP contribution in [-0.2, 0) is 4.79 Å². The van der Waals surface area contributed by atoms with Gasteiger partial charge in [0.2, 0.25) is 5.91 Å². The van der Waals surface area contributed by atoms with E-state index in [1.165, 1.54) is 5.56 Å². The normalized spacial score (nSPS) is 15.5. The lowest BCUT2D eigenvalue weighted by Crippen LogP contribution is -2.29. The van der Waals surface area contributed by atoms with Gasteiger partial charge in [0.05, 0.1) is 6.54 Å². The van der Waals surface area contributed by atoms with Gasteiger partial charge in [-0.25, -0.2) is 0 Å². The predicted molar refractivity (Wildman–Crippen MR) is 71.8 cm³/mol. The molecule has 1 heterocycles. The van der Waals surface area contributed by atoms with Gasteiger partial charge in [-0.15, -0.1) is 0 Å². The molecule has 0 bridgehead atoms. The van der Waals surface area contributed by atoms with Gasteiger partial charge < -0.3 is 9.64 Å². The number of para-hydroxylation sites is 1. The van der Waals surface area contributed by atoms with Crippen LogP contribution in [-0.4, -0.2) is 30.5 Å². The summed E-state index contributed by atoms with van der Waals surface area (Å²) >= 11 is 0. The van der Waals surface area contributed by atoms with Crippen molar-refractivity contribution in [1.29, 1.82) is 0 Å². The molecule has 1 fully saturated rings. The number of hydrogen-bond donors (Lipinski definition) is 0. The van der Waals surface area contributed by atoms with E-state index in [0.29, 0.717) is 25.5 Å². The van der Waals surface area contributed by atoms with Crippen LogP contribution in [0.1, 0.15) is 38.2 Å². The van der Waals surface area contributed by atoms with E-state index in [9.17, 15) is 4.79 Å². The molecule has 0 atom stereocenters. The molecule has 1 aromatic rings. The van der Waals surface area contributed by atoms with E-state index in [2.05, 4.69) is 19.9 Å². The number of ether oxygens (including phenoxy) is 1. The summed E-state index contributed by atoms with van der Waals surface area (Å²) in [5.41, 5.74) is 1.23. The van der Waals surface area contributed by atoms with Crippen molar-refractivity contribution in [3.8, 4) is 5.75 Å². The van der Waals surface area contributed by atoms with Crippen LogP contribution in [0.15, 0.2) is 24.3 Å². The molecule has 0 saturated carbocycles. The van der Waals surface area contributed by atoms with Crippen molar-refractivity contribution in [1.82, 2.24) is 4.90 Å². The largest absolute Gasteiger partial charge is 0.491 e. The van der Waals surface area contributed by atoms with Crippen LogP contribution in [0.2, 0.25) is 0 Å². The minimum absolute atomic E-state index is 0.260. The molecule has 0 N–H and O–H groups in total. The first-order valence-electron chi connectivity index (χ1n) is 6.68. The van der Waals surface area contributed by atoms with Gasteiger partial charge in [-0.05, 0) is 24.0 Å². The maximum Gasteiger partial charge on any atom is 0.222 e. The topological polar surface area (TPSA) is 29.5 Å². The van der Waals surface area contributed by atoms with Gasteiger partial charge in [0, 0.05) is 13.0 Å². The first-order valence-corrected chi connectivity index (χ1v) is 6.68. The first-order chi connectivity index (χ1) is 8.68. The van der Waals surface area contributed by atoms with E-state index >= 15 is 0 Å². The smallest absolute Gasteiger partial charge is 0.222 e. The Morgan fingerprint density at radius 3 is 2.78 bits per heavy atom. The Balaban J connectivity index is 1.88. The average molecular weight is 247 g/mol. The summed E-state index contributed by atoms with van der Waals surface area (Å²) in [4.78, 5) is 13.3. The van der Waals surface area contributed by atoms with Gasteiger partial charge in [-0.3, -0.25) is 4.79 Å². The molecule has 2 rings (SSSR count). The number of likely N-dealkylation sites (tertiary alicyclic amines) is 1. The van der Waals surface area contributed by atoms with Gasteiger partial charge in [0.1, 0.15) is 12.4 Å². The Bertz CT molecular complexity index is 415. The lowest BCUT2D eigenvalue weighted by molar-refractivity contribution is -0.128. The lowest BCUT2D eigenvalue weighted by Gasteiger charge is -2.18. The van der Waals surface area contributed by atoms with E-state index in [0.717, 1.165) is 18.7 Å². The van der Waals surface area contributed by atoms with Crippen LogP contribution in [0.25, 0.3) is 0 Å². The van der Waals surface area contributed by atoms with E-state index in [4.69, 9.17) is 4.74 Å². The third-order valence-corrected chi connectivity index (χ3v) is 3.33. The zero-order valence-corrected chi connectivity index (χ0v) is 11.2. The second-order valence-corrected chi connectivity index (χ2v) is 5.03. The van der Waals surface area contributed by atoms with Crippen LogP contribution in [0, 0.1) is 0 Å². The highest BCUT2D eigenvalue weighted by molar-refractivity contribution is 5.78. The van der Waals surface area contributed by atoms with Gasteiger partial charge in [-0.1, -0.05) is 32.0 Å². The molecule has 0 aliphatic carbocycles. The number of hydrogen-bond acceptors (Lipinski definition) is 2. The average Bonchev–Trinajstić information content (AvgIpc) is 2.76. The van der Waals surface area contributed by atoms with E-state index in [-0.39, 0.29) is 5.91 Å². The number of benzene rings is 1. The SMILES string of the molecule is CC(C)c1ccccc1OCCN1CCCC1=O. The lowest BCUT2D eigenvalue weighted by atomic mass is 10.0. The molecule has 1 saturated heterocycles. The molecule has 98 valence electrons.